The van der Waals surface area contributed by atoms with E-state index in [0.717, 1.165) is 62.4 Å². The summed E-state index contributed by atoms with van der Waals surface area (Å²) in [7, 11) is 0. The number of aromatic amines is 1. The van der Waals surface area contributed by atoms with Gasteiger partial charge < -0.3 is 9.47 Å². The van der Waals surface area contributed by atoms with Gasteiger partial charge in [0.2, 0.25) is 0 Å². The zero-order valence-electron chi connectivity index (χ0n) is 21.6. The number of tetrazole rings is 1. The van der Waals surface area contributed by atoms with Crippen molar-refractivity contribution in [3.8, 4) is 16.9 Å². The van der Waals surface area contributed by atoms with Crippen LogP contribution in [-0.2, 0) is 16.0 Å². The summed E-state index contributed by atoms with van der Waals surface area (Å²) >= 11 is 19.5. The van der Waals surface area contributed by atoms with Crippen LogP contribution in [-0.4, -0.2) is 86.7 Å². The molecule has 1 aromatic heterocycles. The Labute approximate surface area is 252 Å². The largest absolute Gasteiger partial charge is 0.492 e. The number of benzene rings is 2. The molecule has 0 unspecified atom stereocenters. The number of aryl methyl sites for hydroxylation is 1. The lowest BCUT2D eigenvalue weighted by Crippen LogP contribution is -2.38. The molecule has 3 aromatic rings. The zero-order valence-corrected chi connectivity index (χ0v) is 24.8. The second-order valence-electron chi connectivity index (χ2n) is 9.30. The van der Waals surface area contributed by atoms with Crippen LogP contribution >= 0.6 is 47.2 Å². The lowest BCUT2D eigenvalue weighted by atomic mass is 10.0. The number of hydrogen-bond donors (Lipinski definition) is 1. The summed E-state index contributed by atoms with van der Waals surface area (Å²) < 4.78 is 12.2. The maximum atomic E-state index is 13.3. The molecule has 210 valence electrons. The van der Waals surface area contributed by atoms with Gasteiger partial charge in [0, 0.05) is 53.8 Å². The lowest BCUT2D eigenvalue weighted by Gasteiger charge is -2.26. The predicted octanol–water partition coefficient (Wildman–Crippen LogP) is 5.11. The van der Waals surface area contributed by atoms with E-state index in [4.69, 9.17) is 44.9 Å². The van der Waals surface area contributed by atoms with Crippen molar-refractivity contribution in [2.75, 3.05) is 46.0 Å². The topological polar surface area (TPSA) is 96.5 Å². The monoisotopic (exact) mass is 618 g/mol. The van der Waals surface area contributed by atoms with Gasteiger partial charge in [-0.25, -0.2) is 0 Å². The number of thioether (sulfide) groups is 1. The number of carbonyl (C=O) groups excluding carboxylic acids is 1. The molecule has 2 saturated heterocycles. The molecule has 40 heavy (non-hydrogen) atoms. The molecule has 1 amide bonds. The number of nitrogens with one attached hydrogen (secondary N) is 1. The molecule has 0 spiro atoms. The van der Waals surface area contributed by atoms with Crippen molar-refractivity contribution < 1.29 is 14.3 Å². The first-order valence-corrected chi connectivity index (χ1v) is 15.0. The number of carbonyl (C=O) groups is 1. The molecule has 2 aliphatic rings. The van der Waals surface area contributed by atoms with Crippen molar-refractivity contribution in [3.05, 3.63) is 62.7 Å². The zero-order chi connectivity index (χ0) is 27.9. The molecule has 3 heterocycles. The summed E-state index contributed by atoms with van der Waals surface area (Å²) in [6.45, 7) is 5.09. The molecule has 0 radical (unpaired) electrons. The van der Waals surface area contributed by atoms with Crippen molar-refractivity contribution >= 4 is 63.5 Å². The Morgan fingerprint density at radius 3 is 2.75 bits per heavy atom. The Morgan fingerprint density at radius 2 is 1.98 bits per heavy atom. The van der Waals surface area contributed by atoms with Gasteiger partial charge in [0.25, 0.3) is 5.91 Å². The van der Waals surface area contributed by atoms with Crippen molar-refractivity contribution in [3.63, 3.8) is 0 Å². The number of amides is 1. The highest BCUT2D eigenvalue weighted by molar-refractivity contribution is 8.26. The molecule has 0 atom stereocenters. The summed E-state index contributed by atoms with van der Waals surface area (Å²) in [6, 6.07) is 11.3. The van der Waals surface area contributed by atoms with E-state index in [9.17, 15) is 4.79 Å². The van der Waals surface area contributed by atoms with E-state index in [2.05, 4.69) is 25.5 Å². The minimum Gasteiger partial charge on any atom is -0.492 e. The molecule has 5 rings (SSSR count). The van der Waals surface area contributed by atoms with Crippen molar-refractivity contribution in [2.24, 2.45) is 0 Å². The van der Waals surface area contributed by atoms with Crippen molar-refractivity contribution in [2.45, 2.75) is 19.3 Å². The third-order valence-electron chi connectivity index (χ3n) is 6.60. The smallest absolute Gasteiger partial charge is 0.266 e. The Hall–Kier alpha value is -2.54. The fourth-order valence-corrected chi connectivity index (χ4v) is 6.29. The first kappa shape index (κ1) is 29.0. The number of rotatable bonds is 11. The number of morpholine rings is 1. The van der Waals surface area contributed by atoms with Gasteiger partial charge in [0.05, 0.1) is 18.1 Å². The Balaban J connectivity index is 1.33. The Bertz CT molecular complexity index is 1380. The molecule has 0 saturated carbocycles. The summed E-state index contributed by atoms with van der Waals surface area (Å²) in [5.41, 5.74) is 2.52. The van der Waals surface area contributed by atoms with Crippen LogP contribution in [0.1, 0.15) is 24.2 Å². The molecule has 2 fully saturated rings. The first-order chi connectivity index (χ1) is 19.5. The van der Waals surface area contributed by atoms with Crippen LogP contribution in [0.5, 0.6) is 5.75 Å². The van der Waals surface area contributed by atoms with E-state index in [1.54, 1.807) is 17.0 Å². The quantitative estimate of drug-likeness (QED) is 0.179. The summed E-state index contributed by atoms with van der Waals surface area (Å²) in [4.78, 5) is 17.9. The van der Waals surface area contributed by atoms with Crippen LogP contribution in [0.2, 0.25) is 10.0 Å². The van der Waals surface area contributed by atoms with Crippen LogP contribution in [0.4, 0.5) is 0 Å². The molecular weight excluding hydrogens is 591 g/mol. The maximum Gasteiger partial charge on any atom is 0.266 e. The SMILES string of the molecule is O=C1/C(=C/c2cc(-c3ccc(Cl)cc3Cl)ccc2OCCN2CCOCC2)SC(=S)N1CCCCc1nn[nH]n1. The van der Waals surface area contributed by atoms with Gasteiger partial charge in [-0.15, -0.1) is 10.2 Å². The molecule has 0 aliphatic carbocycles. The summed E-state index contributed by atoms with van der Waals surface area (Å²) in [5.74, 6) is 1.24. The number of aromatic nitrogens is 4. The van der Waals surface area contributed by atoms with Gasteiger partial charge in [-0.3, -0.25) is 14.6 Å². The van der Waals surface area contributed by atoms with Gasteiger partial charge >= 0.3 is 0 Å². The van der Waals surface area contributed by atoms with E-state index in [1.165, 1.54) is 11.8 Å². The lowest BCUT2D eigenvalue weighted by molar-refractivity contribution is -0.122. The average Bonchev–Trinajstić information content (AvgIpc) is 3.56. The Kier molecular flexibility index (Phi) is 10.1. The van der Waals surface area contributed by atoms with Crippen LogP contribution < -0.4 is 4.74 Å². The van der Waals surface area contributed by atoms with Crippen LogP contribution in [0.25, 0.3) is 17.2 Å². The second-order valence-corrected chi connectivity index (χ2v) is 11.8. The van der Waals surface area contributed by atoms with Crippen molar-refractivity contribution in [1.29, 1.82) is 0 Å². The molecule has 9 nitrogen and oxygen atoms in total. The maximum absolute atomic E-state index is 13.3. The van der Waals surface area contributed by atoms with E-state index in [-0.39, 0.29) is 5.91 Å². The fraction of sp³-hybridized carbons (Fsp3) is 0.370. The number of halogens is 2. The molecule has 2 aromatic carbocycles. The number of thiocarbonyl (C=S) groups is 1. The number of unbranched alkanes of at least 4 members (excludes halogenated alkanes) is 1. The second kappa shape index (κ2) is 13.9. The van der Waals surface area contributed by atoms with E-state index in [0.29, 0.717) is 50.4 Å². The number of ether oxygens (including phenoxy) is 2. The van der Waals surface area contributed by atoms with Crippen LogP contribution in [0.15, 0.2) is 41.3 Å². The summed E-state index contributed by atoms with van der Waals surface area (Å²) in [6.07, 6.45) is 4.14. The van der Waals surface area contributed by atoms with Crippen LogP contribution in [0, 0.1) is 0 Å². The minimum absolute atomic E-state index is 0.108. The average molecular weight is 620 g/mol. The van der Waals surface area contributed by atoms with Gasteiger partial charge in [-0.2, -0.15) is 5.21 Å². The van der Waals surface area contributed by atoms with E-state index < -0.39 is 0 Å². The van der Waals surface area contributed by atoms with E-state index in [1.807, 2.05) is 30.3 Å². The highest BCUT2D eigenvalue weighted by Gasteiger charge is 2.32. The van der Waals surface area contributed by atoms with Crippen LogP contribution in [0.3, 0.4) is 0 Å². The highest BCUT2D eigenvalue weighted by atomic mass is 35.5. The Morgan fingerprint density at radius 1 is 1.12 bits per heavy atom. The number of H-pyrrole nitrogens is 1. The van der Waals surface area contributed by atoms with Gasteiger partial charge in [0.1, 0.15) is 16.7 Å². The van der Waals surface area contributed by atoms with Gasteiger partial charge in [-0.05, 0) is 48.7 Å². The molecule has 2 aliphatic heterocycles. The first-order valence-electron chi connectivity index (χ1n) is 13.0. The third-order valence-corrected chi connectivity index (χ3v) is 8.53. The predicted molar refractivity (Wildman–Crippen MR) is 162 cm³/mol. The molecule has 1 N–H and O–H groups in total. The standard InChI is InChI=1S/C27H28Cl2N6O3S2/c28-20-5-6-21(22(29)17-20)18-4-7-23(38-14-11-34-9-12-37-13-10-34)19(15-18)16-24-26(36)35(27(39)40-24)8-2-1-3-25-30-32-33-31-25/h4-7,15-17H,1-3,8-14H2,(H,30,31,32,33)/b24-16-. The molecule has 13 heteroatoms. The number of hydrogen-bond acceptors (Lipinski definition) is 9. The number of nitrogens with zero attached hydrogens (tertiary/aromatic N) is 5. The fourth-order valence-electron chi connectivity index (χ4n) is 4.47. The highest BCUT2D eigenvalue weighted by Crippen LogP contribution is 2.37. The van der Waals surface area contributed by atoms with Crippen molar-refractivity contribution in [1.82, 2.24) is 30.4 Å². The molecular formula is C27H28Cl2N6O3S2. The van der Waals surface area contributed by atoms with Gasteiger partial charge in [0.15, 0.2) is 5.82 Å². The normalized spacial score (nSPS) is 17.2. The molecule has 0 bridgehead atoms. The van der Waals surface area contributed by atoms with Gasteiger partial charge in [-0.1, -0.05) is 64.5 Å². The minimum atomic E-state index is -0.108. The third kappa shape index (κ3) is 7.39. The summed E-state index contributed by atoms with van der Waals surface area (Å²) in [5, 5.41) is 15.1. The van der Waals surface area contributed by atoms with E-state index >= 15 is 0 Å².